The van der Waals surface area contributed by atoms with E-state index >= 15 is 0 Å². The Labute approximate surface area is 294 Å². The summed E-state index contributed by atoms with van der Waals surface area (Å²) in [4.78, 5) is 50.4. The molecule has 0 radical (unpaired) electrons. The lowest BCUT2D eigenvalue weighted by Gasteiger charge is -2.24. The number of anilines is 1. The highest BCUT2D eigenvalue weighted by Gasteiger charge is 2.30. The molecular formula is C34H37Cl3N6O5. The van der Waals surface area contributed by atoms with Crippen molar-refractivity contribution in [2.75, 3.05) is 24.8 Å². The number of carbonyl (C=O) groups is 3. The lowest BCUT2D eigenvalue weighted by molar-refractivity contribution is -0.131. The second kappa shape index (κ2) is 14.2. The van der Waals surface area contributed by atoms with Crippen LogP contribution in [0.1, 0.15) is 60.7 Å². The Kier molecular flexibility index (Phi) is 10.4. The maximum absolute atomic E-state index is 13.5. The molecule has 1 aliphatic heterocycles. The third-order valence-electron chi connectivity index (χ3n) is 7.89. The normalized spacial score (nSPS) is 12.6. The lowest BCUT2D eigenvalue weighted by Crippen LogP contribution is -2.35. The number of imidazole rings is 1. The highest BCUT2D eigenvalue weighted by molar-refractivity contribution is 6.39. The first-order chi connectivity index (χ1) is 22.7. The van der Waals surface area contributed by atoms with Crippen LogP contribution >= 0.6 is 34.8 Å². The van der Waals surface area contributed by atoms with Crippen LogP contribution in [0.4, 0.5) is 10.5 Å². The van der Waals surface area contributed by atoms with Crippen LogP contribution in [0.15, 0.2) is 40.8 Å². The molecule has 1 N–H and O–H groups in total. The zero-order valence-electron chi connectivity index (χ0n) is 27.6. The van der Waals surface area contributed by atoms with Gasteiger partial charge in [0.25, 0.3) is 5.91 Å². The van der Waals surface area contributed by atoms with Gasteiger partial charge < -0.3 is 28.8 Å². The number of likely N-dealkylation sites (N-methyl/N-ethyl adjacent to an activating group) is 1. The summed E-state index contributed by atoms with van der Waals surface area (Å²) in [6, 6.07) is 10.7. The van der Waals surface area contributed by atoms with Gasteiger partial charge in [0.15, 0.2) is 5.82 Å². The van der Waals surface area contributed by atoms with Gasteiger partial charge in [-0.15, -0.1) is 11.6 Å². The predicted molar refractivity (Wildman–Crippen MR) is 185 cm³/mol. The molecule has 0 spiro atoms. The summed E-state index contributed by atoms with van der Waals surface area (Å²) in [5.41, 5.74) is 3.74. The van der Waals surface area contributed by atoms with E-state index in [0.29, 0.717) is 81.5 Å². The average Bonchev–Trinajstić information content (AvgIpc) is 3.68. The zero-order valence-corrected chi connectivity index (χ0v) is 29.9. The first-order valence-corrected chi connectivity index (χ1v) is 16.6. The third-order valence-corrected chi connectivity index (χ3v) is 8.89. The van der Waals surface area contributed by atoms with Crippen molar-refractivity contribution in [2.24, 2.45) is 7.05 Å². The molecule has 0 aliphatic carbocycles. The van der Waals surface area contributed by atoms with Gasteiger partial charge in [-0.3, -0.25) is 9.59 Å². The van der Waals surface area contributed by atoms with Crippen molar-refractivity contribution >= 4 is 58.4 Å². The number of benzene rings is 2. The molecule has 0 bridgehead atoms. The van der Waals surface area contributed by atoms with E-state index < -0.39 is 17.6 Å². The van der Waals surface area contributed by atoms with Gasteiger partial charge >= 0.3 is 6.09 Å². The summed E-state index contributed by atoms with van der Waals surface area (Å²) in [6.45, 7) is 8.32. The summed E-state index contributed by atoms with van der Waals surface area (Å²) in [5.74, 6) is 0.909. The number of aryl methyl sites for hydroxylation is 1. The van der Waals surface area contributed by atoms with Gasteiger partial charge in [-0.2, -0.15) is 0 Å². The molecule has 0 fully saturated rings. The topological polar surface area (TPSA) is 123 Å². The summed E-state index contributed by atoms with van der Waals surface area (Å²) in [7, 11) is 3.43. The van der Waals surface area contributed by atoms with Crippen LogP contribution in [0.25, 0.3) is 22.6 Å². The molecule has 0 atom stereocenters. The number of hydrogen-bond donors (Lipinski definition) is 1. The van der Waals surface area contributed by atoms with E-state index in [-0.39, 0.29) is 24.0 Å². The standard InChI is InChI=1S/C34H37Cl3N6O5/c1-19-25(14-16-41(5)33(46)48-34(2,3)4)42(6)30(38-19)31(45)39-23-12-8-10-21(29(23)37)20-9-7-11-22(28(20)36)32-40-24-17-43(18-26(24)47-32)27(44)13-15-35/h7-12H,13-18H2,1-6H3,(H,39,45). The minimum atomic E-state index is -0.598. The molecule has 0 saturated carbocycles. The van der Waals surface area contributed by atoms with Gasteiger partial charge in [-0.05, 0) is 39.8 Å². The van der Waals surface area contributed by atoms with E-state index in [1.807, 2.05) is 45.9 Å². The maximum Gasteiger partial charge on any atom is 0.410 e. The van der Waals surface area contributed by atoms with Crippen LogP contribution in [0.3, 0.4) is 0 Å². The third kappa shape index (κ3) is 7.48. The van der Waals surface area contributed by atoms with Crippen LogP contribution in [-0.4, -0.2) is 67.3 Å². The van der Waals surface area contributed by atoms with Crippen molar-refractivity contribution in [1.29, 1.82) is 0 Å². The van der Waals surface area contributed by atoms with E-state index in [1.54, 1.807) is 41.8 Å². The van der Waals surface area contributed by atoms with Crippen LogP contribution < -0.4 is 5.32 Å². The molecule has 11 nitrogen and oxygen atoms in total. The van der Waals surface area contributed by atoms with Gasteiger partial charge in [0.1, 0.15) is 17.1 Å². The Hall–Kier alpha value is -4.06. The lowest BCUT2D eigenvalue weighted by atomic mass is 10.0. The number of nitrogens with zero attached hydrogens (tertiary/aromatic N) is 5. The Morgan fingerprint density at radius 2 is 1.69 bits per heavy atom. The van der Waals surface area contributed by atoms with Crippen molar-refractivity contribution < 1.29 is 23.5 Å². The van der Waals surface area contributed by atoms with Crippen molar-refractivity contribution in [3.05, 3.63) is 75.1 Å². The number of amides is 3. The first kappa shape index (κ1) is 35.3. The first-order valence-electron chi connectivity index (χ1n) is 15.4. The predicted octanol–water partition coefficient (Wildman–Crippen LogP) is 7.49. The van der Waals surface area contributed by atoms with Crippen LogP contribution in [-0.2, 0) is 36.1 Å². The SMILES string of the molecule is Cc1nc(C(=O)Nc2cccc(-c3cccc(-c4nc5c(o4)CN(C(=O)CCCl)C5)c3Cl)c2Cl)n(C)c1CCN(C)C(=O)OC(C)(C)C. The number of ether oxygens (including phenoxy) is 1. The molecule has 48 heavy (non-hydrogen) atoms. The van der Waals surface area contributed by atoms with Crippen molar-refractivity contribution in [3.8, 4) is 22.6 Å². The minimum absolute atomic E-state index is 0.0528. The highest BCUT2D eigenvalue weighted by Crippen LogP contribution is 2.42. The fraction of sp³-hybridized carbons (Fsp3) is 0.382. The fourth-order valence-corrected chi connectivity index (χ4v) is 6.16. The van der Waals surface area contributed by atoms with E-state index in [2.05, 4.69) is 15.3 Å². The quantitative estimate of drug-likeness (QED) is 0.178. The van der Waals surface area contributed by atoms with Gasteiger partial charge in [0, 0.05) is 56.2 Å². The van der Waals surface area contributed by atoms with Gasteiger partial charge in [-0.25, -0.2) is 14.8 Å². The molecule has 1 aliphatic rings. The van der Waals surface area contributed by atoms with Crippen molar-refractivity contribution in [1.82, 2.24) is 24.3 Å². The van der Waals surface area contributed by atoms with Gasteiger partial charge in [-0.1, -0.05) is 47.5 Å². The summed E-state index contributed by atoms with van der Waals surface area (Å²) < 4.78 is 13.2. The van der Waals surface area contributed by atoms with Crippen LogP contribution in [0.2, 0.25) is 10.0 Å². The Morgan fingerprint density at radius 1 is 1.02 bits per heavy atom. The Bertz CT molecular complexity index is 1860. The van der Waals surface area contributed by atoms with Gasteiger partial charge in [0.05, 0.1) is 40.1 Å². The van der Waals surface area contributed by atoms with Gasteiger partial charge in [0.2, 0.25) is 11.8 Å². The Balaban J connectivity index is 1.32. The Morgan fingerprint density at radius 3 is 2.35 bits per heavy atom. The molecule has 254 valence electrons. The molecule has 4 aromatic rings. The molecule has 0 unspecified atom stereocenters. The number of carbonyl (C=O) groups excluding carboxylic acids is 3. The van der Waals surface area contributed by atoms with Crippen molar-refractivity contribution in [3.63, 3.8) is 0 Å². The molecule has 2 aromatic carbocycles. The molecular weight excluding hydrogens is 679 g/mol. The molecule has 0 saturated heterocycles. The highest BCUT2D eigenvalue weighted by atomic mass is 35.5. The monoisotopic (exact) mass is 714 g/mol. The summed E-state index contributed by atoms with van der Waals surface area (Å²) in [5, 5.41) is 3.55. The van der Waals surface area contributed by atoms with Crippen LogP contribution in [0, 0.1) is 6.92 Å². The summed E-state index contributed by atoms with van der Waals surface area (Å²) in [6.07, 6.45) is 0.304. The van der Waals surface area contributed by atoms with Crippen molar-refractivity contribution in [2.45, 2.75) is 59.2 Å². The number of aromatic nitrogens is 3. The fourth-order valence-electron chi connectivity index (χ4n) is 5.42. The molecule has 14 heteroatoms. The second-order valence-corrected chi connectivity index (χ2v) is 13.7. The number of fused-ring (bicyclic) bond motifs is 1. The maximum atomic E-state index is 13.5. The number of alkyl halides is 1. The van der Waals surface area contributed by atoms with E-state index in [0.717, 1.165) is 5.69 Å². The molecule has 3 amide bonds. The zero-order chi connectivity index (χ0) is 34.9. The van der Waals surface area contributed by atoms with Crippen LogP contribution in [0.5, 0.6) is 0 Å². The molecule has 2 aromatic heterocycles. The molecule has 3 heterocycles. The van der Waals surface area contributed by atoms with E-state index in [9.17, 15) is 14.4 Å². The summed E-state index contributed by atoms with van der Waals surface area (Å²) >= 11 is 19.5. The van der Waals surface area contributed by atoms with E-state index in [1.165, 1.54) is 4.90 Å². The number of oxazole rings is 1. The number of nitrogens with one attached hydrogen (secondary N) is 1. The second-order valence-electron chi connectivity index (χ2n) is 12.5. The molecule has 5 rings (SSSR count). The number of halogens is 3. The minimum Gasteiger partial charge on any atom is -0.444 e. The average molecular weight is 716 g/mol. The number of hydrogen-bond acceptors (Lipinski definition) is 7. The van der Waals surface area contributed by atoms with E-state index in [4.69, 9.17) is 44.0 Å². The largest absolute Gasteiger partial charge is 0.444 e. The smallest absolute Gasteiger partial charge is 0.410 e. The number of rotatable bonds is 9.